The van der Waals surface area contributed by atoms with Gasteiger partial charge in [-0.2, -0.15) is 0 Å². The van der Waals surface area contributed by atoms with Crippen LogP contribution < -0.4 is 5.32 Å². The minimum atomic E-state index is -0.0770. The molecule has 130 valence electrons. The van der Waals surface area contributed by atoms with E-state index in [4.69, 9.17) is 4.42 Å². The van der Waals surface area contributed by atoms with Crippen molar-refractivity contribution in [2.24, 2.45) is 0 Å². The molecule has 0 spiro atoms. The van der Waals surface area contributed by atoms with E-state index in [9.17, 15) is 0 Å². The number of benzene rings is 4. The Balaban J connectivity index is 1.74. The molecule has 0 atom stereocenters. The third-order valence-corrected chi connectivity index (χ3v) is 6.07. The fourth-order valence-electron chi connectivity index (χ4n) is 4.63. The van der Waals surface area contributed by atoms with Crippen molar-refractivity contribution in [2.75, 3.05) is 5.32 Å². The van der Waals surface area contributed by atoms with E-state index in [1.54, 1.807) is 0 Å². The lowest BCUT2D eigenvalue weighted by molar-refractivity contribution is 0.631. The molecule has 0 unspecified atom stereocenters. The van der Waals surface area contributed by atoms with E-state index in [1.807, 2.05) is 0 Å². The van der Waals surface area contributed by atoms with Crippen LogP contribution in [0.3, 0.4) is 0 Å². The van der Waals surface area contributed by atoms with E-state index in [-0.39, 0.29) is 5.41 Å². The summed E-state index contributed by atoms with van der Waals surface area (Å²) in [5.41, 5.74) is 6.68. The van der Waals surface area contributed by atoms with Gasteiger partial charge in [0.15, 0.2) is 5.58 Å². The lowest BCUT2D eigenvalue weighted by atomic mass is 9.74. The minimum absolute atomic E-state index is 0.0770. The fraction of sp³-hybridized carbons (Fsp3) is 0.120. The van der Waals surface area contributed by atoms with Crippen molar-refractivity contribution in [3.05, 3.63) is 83.9 Å². The molecule has 0 radical (unpaired) electrons. The first-order chi connectivity index (χ1) is 13.1. The van der Waals surface area contributed by atoms with Gasteiger partial charge in [0.1, 0.15) is 5.58 Å². The Morgan fingerprint density at radius 1 is 0.667 bits per heavy atom. The molecule has 6 rings (SSSR count). The van der Waals surface area contributed by atoms with Crippen molar-refractivity contribution >= 4 is 44.1 Å². The first-order valence-corrected chi connectivity index (χ1v) is 9.38. The third kappa shape index (κ3) is 1.85. The topological polar surface area (TPSA) is 25.2 Å². The Hall–Kier alpha value is -3.26. The normalized spacial score (nSPS) is 14.9. The lowest BCUT2D eigenvalue weighted by Crippen LogP contribution is -2.25. The molecule has 0 aliphatic carbocycles. The summed E-state index contributed by atoms with van der Waals surface area (Å²) in [6.07, 6.45) is 0. The standard InChI is InChI=1S/C25H19NO/c1-25(2)19-9-5-6-10-21(19)26-22-20(25)14-13-18-17-12-11-15-7-3-4-8-16(15)23(17)27-24(18)22/h3-14,26H,1-2H3. The van der Waals surface area contributed by atoms with Gasteiger partial charge in [0.05, 0.1) is 5.69 Å². The van der Waals surface area contributed by atoms with Crippen LogP contribution in [0.5, 0.6) is 0 Å². The monoisotopic (exact) mass is 349 g/mol. The SMILES string of the molecule is CC1(C)c2ccccc2Nc2c1ccc1c2oc2c3ccccc3ccc12. The van der Waals surface area contributed by atoms with E-state index >= 15 is 0 Å². The average Bonchev–Trinajstić information content (AvgIpc) is 3.08. The lowest BCUT2D eigenvalue weighted by Gasteiger charge is -2.35. The highest BCUT2D eigenvalue weighted by Crippen LogP contribution is 2.49. The van der Waals surface area contributed by atoms with Crippen LogP contribution in [-0.2, 0) is 5.41 Å². The number of hydrogen-bond acceptors (Lipinski definition) is 2. The molecule has 2 nitrogen and oxygen atoms in total. The zero-order chi connectivity index (χ0) is 18.2. The highest BCUT2D eigenvalue weighted by molar-refractivity contribution is 6.17. The van der Waals surface area contributed by atoms with E-state index < -0.39 is 0 Å². The summed E-state index contributed by atoms with van der Waals surface area (Å²) in [4.78, 5) is 0. The molecule has 1 N–H and O–H groups in total. The summed E-state index contributed by atoms with van der Waals surface area (Å²) in [7, 11) is 0. The van der Waals surface area contributed by atoms with Crippen LogP contribution in [0.25, 0.3) is 32.7 Å². The summed E-state index contributed by atoms with van der Waals surface area (Å²) >= 11 is 0. The third-order valence-electron chi connectivity index (χ3n) is 6.07. The summed E-state index contributed by atoms with van der Waals surface area (Å²) < 4.78 is 6.51. The predicted molar refractivity (Wildman–Crippen MR) is 113 cm³/mol. The van der Waals surface area contributed by atoms with Crippen LogP contribution in [0.4, 0.5) is 11.4 Å². The van der Waals surface area contributed by atoms with Gasteiger partial charge in [-0.15, -0.1) is 0 Å². The van der Waals surface area contributed by atoms with Crippen LogP contribution in [0.2, 0.25) is 0 Å². The second-order valence-corrected chi connectivity index (χ2v) is 7.93. The maximum Gasteiger partial charge on any atom is 0.159 e. The van der Waals surface area contributed by atoms with E-state index in [0.29, 0.717) is 0 Å². The molecule has 1 aliphatic rings. The Morgan fingerprint density at radius 3 is 2.33 bits per heavy atom. The molecule has 4 aromatic carbocycles. The molecular weight excluding hydrogens is 330 g/mol. The van der Waals surface area contributed by atoms with Crippen molar-refractivity contribution in [1.29, 1.82) is 0 Å². The molecule has 0 saturated carbocycles. The summed E-state index contributed by atoms with van der Waals surface area (Å²) in [6, 6.07) is 25.8. The number of fused-ring (bicyclic) bond motifs is 8. The van der Waals surface area contributed by atoms with Crippen LogP contribution in [0.1, 0.15) is 25.0 Å². The molecule has 0 fully saturated rings. The Kier molecular flexibility index (Phi) is 2.71. The van der Waals surface area contributed by atoms with Crippen LogP contribution in [0.15, 0.2) is 77.2 Å². The molecular formula is C25H19NO. The fourth-order valence-corrected chi connectivity index (χ4v) is 4.63. The average molecular weight is 349 g/mol. The van der Waals surface area contributed by atoms with Crippen LogP contribution >= 0.6 is 0 Å². The van der Waals surface area contributed by atoms with Gasteiger partial charge in [0, 0.05) is 27.3 Å². The molecule has 2 heterocycles. The van der Waals surface area contributed by atoms with Gasteiger partial charge >= 0.3 is 0 Å². The summed E-state index contributed by atoms with van der Waals surface area (Å²) in [6.45, 7) is 4.57. The maximum atomic E-state index is 6.51. The summed E-state index contributed by atoms with van der Waals surface area (Å²) in [5.74, 6) is 0. The Labute approximate surface area is 157 Å². The second-order valence-electron chi connectivity index (χ2n) is 7.93. The van der Waals surface area contributed by atoms with Crippen LogP contribution in [0, 0.1) is 0 Å². The van der Waals surface area contributed by atoms with Gasteiger partial charge in [-0.1, -0.05) is 74.5 Å². The number of hydrogen-bond donors (Lipinski definition) is 1. The molecule has 0 bridgehead atoms. The summed E-state index contributed by atoms with van der Waals surface area (Å²) in [5, 5.41) is 8.36. The Morgan fingerprint density at radius 2 is 1.41 bits per heavy atom. The number of nitrogens with one attached hydrogen (secondary N) is 1. The van der Waals surface area contributed by atoms with E-state index in [1.165, 1.54) is 21.9 Å². The molecule has 1 aromatic heterocycles. The zero-order valence-electron chi connectivity index (χ0n) is 15.3. The molecule has 0 amide bonds. The van der Waals surface area contributed by atoms with Gasteiger partial charge in [-0.25, -0.2) is 0 Å². The molecule has 5 aromatic rings. The molecule has 0 saturated heterocycles. The first kappa shape index (κ1) is 14.9. The van der Waals surface area contributed by atoms with Gasteiger partial charge in [0.25, 0.3) is 0 Å². The zero-order valence-corrected chi connectivity index (χ0v) is 15.3. The van der Waals surface area contributed by atoms with E-state index in [0.717, 1.165) is 33.3 Å². The molecule has 2 heteroatoms. The maximum absolute atomic E-state index is 6.51. The van der Waals surface area contributed by atoms with Gasteiger partial charge in [-0.3, -0.25) is 0 Å². The van der Waals surface area contributed by atoms with Crippen molar-refractivity contribution in [3.63, 3.8) is 0 Å². The van der Waals surface area contributed by atoms with E-state index in [2.05, 4.69) is 92.0 Å². The quantitative estimate of drug-likeness (QED) is 0.322. The molecule has 27 heavy (non-hydrogen) atoms. The van der Waals surface area contributed by atoms with Crippen LogP contribution in [-0.4, -0.2) is 0 Å². The molecule has 1 aliphatic heterocycles. The number of furan rings is 1. The number of rotatable bonds is 0. The van der Waals surface area contributed by atoms with Gasteiger partial charge in [0.2, 0.25) is 0 Å². The van der Waals surface area contributed by atoms with Crippen molar-refractivity contribution < 1.29 is 4.42 Å². The minimum Gasteiger partial charge on any atom is -0.453 e. The van der Waals surface area contributed by atoms with Crippen molar-refractivity contribution in [3.8, 4) is 0 Å². The van der Waals surface area contributed by atoms with Crippen molar-refractivity contribution in [2.45, 2.75) is 19.3 Å². The highest BCUT2D eigenvalue weighted by Gasteiger charge is 2.34. The van der Waals surface area contributed by atoms with Gasteiger partial charge in [-0.05, 0) is 28.6 Å². The number of para-hydroxylation sites is 1. The Bertz CT molecular complexity index is 1370. The smallest absolute Gasteiger partial charge is 0.159 e. The second kappa shape index (κ2) is 4.92. The van der Waals surface area contributed by atoms with Crippen molar-refractivity contribution in [1.82, 2.24) is 0 Å². The highest BCUT2D eigenvalue weighted by atomic mass is 16.3. The predicted octanol–water partition coefficient (Wildman–Crippen LogP) is 7.12. The number of anilines is 2. The largest absolute Gasteiger partial charge is 0.453 e. The van der Waals surface area contributed by atoms with Gasteiger partial charge < -0.3 is 9.73 Å². The first-order valence-electron chi connectivity index (χ1n) is 9.38.